The Morgan fingerprint density at radius 1 is 1.00 bits per heavy atom. The van der Waals surface area contributed by atoms with Crippen molar-refractivity contribution < 1.29 is 19.5 Å². The number of nitrogens with zero attached hydrogens (tertiary/aromatic N) is 1. The van der Waals surface area contributed by atoms with E-state index < -0.39 is 23.3 Å². The van der Waals surface area contributed by atoms with E-state index in [1.54, 1.807) is 13.8 Å². The molecule has 19 heavy (non-hydrogen) atoms. The van der Waals surface area contributed by atoms with Crippen LogP contribution in [0.5, 0.6) is 0 Å². The third-order valence-electron chi connectivity index (χ3n) is 4.37. The maximum Gasteiger partial charge on any atom is 0.330 e. The van der Waals surface area contributed by atoms with Crippen LogP contribution in [0.2, 0.25) is 0 Å². The second-order valence-corrected chi connectivity index (χ2v) is 5.45. The van der Waals surface area contributed by atoms with E-state index in [0.29, 0.717) is 24.0 Å². The van der Waals surface area contributed by atoms with Gasteiger partial charge in [0.2, 0.25) is 0 Å². The lowest BCUT2D eigenvalue weighted by Gasteiger charge is -2.36. The molecule has 1 saturated carbocycles. The molecule has 104 valence electrons. The minimum Gasteiger partial charge on any atom is -0.479 e. The third kappa shape index (κ3) is 1.97. The van der Waals surface area contributed by atoms with Crippen molar-refractivity contribution in [3.8, 4) is 0 Å². The van der Waals surface area contributed by atoms with Crippen LogP contribution < -0.4 is 0 Å². The van der Waals surface area contributed by atoms with Crippen LogP contribution in [0.4, 0.5) is 0 Å². The van der Waals surface area contributed by atoms with Gasteiger partial charge in [-0.05, 0) is 26.7 Å². The quantitative estimate of drug-likeness (QED) is 0.611. The van der Waals surface area contributed by atoms with Crippen molar-refractivity contribution in [3.05, 3.63) is 11.1 Å². The lowest BCUT2D eigenvalue weighted by Crippen LogP contribution is -2.57. The van der Waals surface area contributed by atoms with E-state index in [9.17, 15) is 19.5 Å². The van der Waals surface area contributed by atoms with Crippen molar-refractivity contribution in [1.82, 2.24) is 4.90 Å². The molecule has 1 aliphatic heterocycles. The first kappa shape index (κ1) is 13.8. The van der Waals surface area contributed by atoms with Crippen molar-refractivity contribution in [2.24, 2.45) is 0 Å². The summed E-state index contributed by atoms with van der Waals surface area (Å²) in [4.78, 5) is 37.2. The maximum atomic E-state index is 12.2. The summed E-state index contributed by atoms with van der Waals surface area (Å²) in [6.45, 7) is 3.17. The highest BCUT2D eigenvalue weighted by Crippen LogP contribution is 2.37. The predicted molar refractivity (Wildman–Crippen MR) is 68.3 cm³/mol. The van der Waals surface area contributed by atoms with E-state index in [4.69, 9.17) is 0 Å². The molecule has 1 aliphatic carbocycles. The van der Waals surface area contributed by atoms with Gasteiger partial charge in [0.15, 0.2) is 0 Å². The molecular weight excluding hydrogens is 246 g/mol. The second kappa shape index (κ2) is 4.79. The molecule has 2 aliphatic rings. The van der Waals surface area contributed by atoms with Gasteiger partial charge < -0.3 is 5.11 Å². The molecule has 1 N–H and O–H groups in total. The predicted octanol–water partition coefficient (Wildman–Crippen LogP) is 1.87. The van der Waals surface area contributed by atoms with Crippen molar-refractivity contribution in [1.29, 1.82) is 0 Å². The van der Waals surface area contributed by atoms with Crippen LogP contribution in [0.15, 0.2) is 11.1 Å². The number of hydrogen-bond acceptors (Lipinski definition) is 3. The SMILES string of the molecule is CC1=C(C)C(=O)N(C2(C(=O)O)CCCCCC2)C1=O. The smallest absolute Gasteiger partial charge is 0.330 e. The van der Waals surface area contributed by atoms with Crippen molar-refractivity contribution in [2.45, 2.75) is 57.9 Å². The Balaban J connectivity index is 2.44. The molecule has 0 unspecified atom stereocenters. The summed E-state index contributed by atoms with van der Waals surface area (Å²) in [6, 6.07) is 0. The van der Waals surface area contributed by atoms with Crippen LogP contribution in [0, 0.1) is 0 Å². The van der Waals surface area contributed by atoms with Gasteiger partial charge >= 0.3 is 5.97 Å². The first-order valence-corrected chi connectivity index (χ1v) is 6.71. The Bertz CT molecular complexity index is 446. The molecule has 2 rings (SSSR count). The first-order chi connectivity index (χ1) is 8.92. The summed E-state index contributed by atoms with van der Waals surface area (Å²) in [5.41, 5.74) is -0.603. The van der Waals surface area contributed by atoms with E-state index in [0.717, 1.165) is 30.6 Å². The van der Waals surface area contributed by atoms with Crippen LogP contribution in [0.3, 0.4) is 0 Å². The van der Waals surface area contributed by atoms with Gasteiger partial charge in [-0.3, -0.25) is 14.5 Å². The first-order valence-electron chi connectivity index (χ1n) is 6.71. The third-order valence-corrected chi connectivity index (χ3v) is 4.37. The van der Waals surface area contributed by atoms with E-state index in [1.807, 2.05) is 0 Å². The molecule has 1 fully saturated rings. The van der Waals surface area contributed by atoms with E-state index in [-0.39, 0.29) is 0 Å². The lowest BCUT2D eigenvalue weighted by atomic mass is 9.88. The zero-order valence-electron chi connectivity index (χ0n) is 11.4. The highest BCUT2D eigenvalue weighted by Gasteiger charge is 2.52. The van der Waals surface area contributed by atoms with Gasteiger partial charge in [-0.1, -0.05) is 25.7 Å². The summed E-state index contributed by atoms with van der Waals surface area (Å²) < 4.78 is 0. The van der Waals surface area contributed by atoms with Gasteiger partial charge in [-0.25, -0.2) is 4.79 Å². The van der Waals surface area contributed by atoms with Gasteiger partial charge in [0, 0.05) is 11.1 Å². The second-order valence-electron chi connectivity index (χ2n) is 5.45. The highest BCUT2D eigenvalue weighted by molar-refractivity contribution is 6.20. The Morgan fingerprint density at radius 3 is 1.79 bits per heavy atom. The Hall–Kier alpha value is -1.65. The number of imide groups is 1. The fourth-order valence-corrected chi connectivity index (χ4v) is 2.98. The van der Waals surface area contributed by atoms with Crippen LogP contribution in [0.25, 0.3) is 0 Å². The van der Waals surface area contributed by atoms with Crippen molar-refractivity contribution in [2.75, 3.05) is 0 Å². The number of carboxylic acid groups (broad SMARTS) is 1. The molecule has 0 spiro atoms. The van der Waals surface area contributed by atoms with Gasteiger partial charge in [0.1, 0.15) is 5.54 Å². The van der Waals surface area contributed by atoms with Crippen LogP contribution in [-0.4, -0.2) is 33.3 Å². The van der Waals surface area contributed by atoms with Gasteiger partial charge in [-0.15, -0.1) is 0 Å². The average molecular weight is 265 g/mol. The van der Waals surface area contributed by atoms with Crippen LogP contribution in [0.1, 0.15) is 52.4 Å². The maximum absolute atomic E-state index is 12.2. The number of rotatable bonds is 2. The van der Waals surface area contributed by atoms with E-state index in [1.165, 1.54) is 0 Å². The monoisotopic (exact) mass is 265 g/mol. The molecular formula is C14H19NO4. The molecule has 0 bridgehead atoms. The average Bonchev–Trinajstić information content (AvgIpc) is 2.58. The van der Waals surface area contributed by atoms with E-state index >= 15 is 0 Å². The number of aliphatic carboxylic acids is 1. The molecule has 0 saturated heterocycles. The minimum atomic E-state index is -1.34. The van der Waals surface area contributed by atoms with Crippen molar-refractivity contribution >= 4 is 17.8 Å². The Morgan fingerprint density at radius 2 is 1.42 bits per heavy atom. The van der Waals surface area contributed by atoms with Gasteiger partial charge in [0.25, 0.3) is 11.8 Å². The molecule has 0 aromatic carbocycles. The molecule has 0 aromatic heterocycles. The zero-order valence-corrected chi connectivity index (χ0v) is 11.4. The number of carbonyl (C=O) groups is 3. The molecule has 0 radical (unpaired) electrons. The fourth-order valence-electron chi connectivity index (χ4n) is 2.98. The standard InChI is InChI=1S/C14H19NO4/c1-9-10(2)12(17)15(11(9)16)14(13(18)19)7-5-3-4-6-8-14/h3-8H2,1-2H3,(H,18,19). The van der Waals surface area contributed by atoms with E-state index in [2.05, 4.69) is 0 Å². The van der Waals surface area contributed by atoms with Gasteiger partial charge in [0.05, 0.1) is 0 Å². The summed E-state index contributed by atoms with van der Waals surface area (Å²) in [5, 5.41) is 9.62. The minimum absolute atomic E-state index is 0.361. The van der Waals surface area contributed by atoms with Gasteiger partial charge in [-0.2, -0.15) is 0 Å². The lowest BCUT2D eigenvalue weighted by molar-refractivity contribution is -0.163. The molecule has 5 nitrogen and oxygen atoms in total. The summed E-state index contributed by atoms with van der Waals surface area (Å²) >= 11 is 0. The number of carbonyl (C=O) groups excluding carboxylic acids is 2. The fraction of sp³-hybridized carbons (Fsp3) is 0.643. The van der Waals surface area contributed by atoms with Crippen LogP contribution in [-0.2, 0) is 14.4 Å². The molecule has 1 heterocycles. The summed E-state index contributed by atoms with van der Waals surface area (Å²) in [7, 11) is 0. The topological polar surface area (TPSA) is 74.7 Å². The Labute approximate surface area is 112 Å². The highest BCUT2D eigenvalue weighted by atomic mass is 16.4. The normalized spacial score (nSPS) is 23.8. The number of carboxylic acids is 1. The summed E-state index contributed by atoms with van der Waals surface area (Å²) in [6.07, 6.45) is 4.11. The zero-order chi connectivity index (χ0) is 14.2. The molecule has 0 atom stereocenters. The Kier molecular flexibility index (Phi) is 3.47. The van der Waals surface area contributed by atoms with Crippen molar-refractivity contribution in [3.63, 3.8) is 0 Å². The molecule has 0 aromatic rings. The van der Waals surface area contributed by atoms with Crippen LogP contribution >= 0.6 is 0 Å². The number of amides is 2. The molecule has 2 amide bonds. The summed E-state index contributed by atoms with van der Waals surface area (Å²) in [5.74, 6) is -1.93. The number of hydrogen-bond donors (Lipinski definition) is 1. The molecule has 5 heteroatoms. The largest absolute Gasteiger partial charge is 0.479 e.